The Kier molecular flexibility index (Phi) is 4.17. The van der Waals surface area contributed by atoms with Gasteiger partial charge in [-0.05, 0) is 11.8 Å². The first-order valence-corrected chi connectivity index (χ1v) is 7.23. The molecule has 1 fully saturated rings. The molecule has 7 heteroatoms. The molecule has 1 saturated heterocycles. The minimum absolute atomic E-state index is 0.0183. The van der Waals surface area contributed by atoms with Crippen molar-refractivity contribution in [3.8, 4) is 0 Å². The van der Waals surface area contributed by atoms with E-state index in [2.05, 4.69) is 5.32 Å². The van der Waals surface area contributed by atoms with Crippen molar-refractivity contribution < 1.29 is 19.5 Å². The van der Waals surface area contributed by atoms with Crippen LogP contribution in [0.15, 0.2) is 22.2 Å². The predicted octanol–water partition coefficient (Wildman–Crippen LogP) is 1.26. The summed E-state index contributed by atoms with van der Waals surface area (Å²) in [5.41, 5.74) is 0.0853. The highest BCUT2D eigenvalue weighted by Gasteiger charge is 2.54. The standard InChI is InChI=1S/C13H16N2O4S/c1-3-8-9-6-10(20-5-4-14-7(2)16)11(13(18)19)15(9)12(8)17/h4-5,8-9H,3,6H2,1-2H3,(H,14,16)(H,18,19)/b5-4+/t8-,9-/m1/s1. The molecule has 20 heavy (non-hydrogen) atoms. The monoisotopic (exact) mass is 296 g/mol. The fourth-order valence-corrected chi connectivity index (χ4v) is 3.44. The van der Waals surface area contributed by atoms with Crippen LogP contribution in [-0.4, -0.2) is 33.8 Å². The number of carbonyl (C=O) groups excluding carboxylic acids is 2. The van der Waals surface area contributed by atoms with Crippen LogP contribution in [0.25, 0.3) is 0 Å². The largest absolute Gasteiger partial charge is 0.477 e. The number of nitrogens with zero attached hydrogens (tertiary/aromatic N) is 1. The van der Waals surface area contributed by atoms with Crippen molar-refractivity contribution in [1.82, 2.24) is 10.2 Å². The van der Waals surface area contributed by atoms with Crippen molar-refractivity contribution in [2.75, 3.05) is 0 Å². The molecule has 6 nitrogen and oxygen atoms in total. The quantitative estimate of drug-likeness (QED) is 0.746. The van der Waals surface area contributed by atoms with E-state index in [9.17, 15) is 19.5 Å². The van der Waals surface area contributed by atoms with Gasteiger partial charge in [0.2, 0.25) is 11.8 Å². The lowest BCUT2D eigenvalue weighted by atomic mass is 9.85. The zero-order valence-electron chi connectivity index (χ0n) is 11.3. The second-order valence-corrected chi connectivity index (χ2v) is 5.69. The molecule has 0 unspecified atom stereocenters. The molecule has 0 radical (unpaired) electrons. The molecule has 0 aromatic carbocycles. The average molecular weight is 296 g/mol. The Morgan fingerprint density at radius 2 is 2.25 bits per heavy atom. The summed E-state index contributed by atoms with van der Waals surface area (Å²) in [5.74, 6) is -1.44. The molecule has 2 heterocycles. The molecular formula is C13H16N2O4S. The minimum Gasteiger partial charge on any atom is -0.477 e. The second-order valence-electron chi connectivity index (χ2n) is 4.69. The summed E-state index contributed by atoms with van der Waals surface area (Å²) in [6.07, 6.45) is 2.77. The maximum absolute atomic E-state index is 11.9. The molecule has 0 aromatic heterocycles. The number of nitrogens with one attached hydrogen (secondary N) is 1. The van der Waals surface area contributed by atoms with Gasteiger partial charge < -0.3 is 15.3 Å². The molecule has 2 aliphatic rings. The first-order valence-electron chi connectivity index (χ1n) is 6.35. The lowest BCUT2D eigenvalue weighted by molar-refractivity contribution is -0.155. The summed E-state index contributed by atoms with van der Waals surface area (Å²) in [5, 5.41) is 13.4. The molecule has 2 rings (SSSR count). The van der Waals surface area contributed by atoms with Gasteiger partial charge >= 0.3 is 5.97 Å². The number of rotatable bonds is 5. The molecular weight excluding hydrogens is 280 g/mol. The Hall–Kier alpha value is -1.76. The number of hydrogen-bond donors (Lipinski definition) is 2. The molecule has 2 atom stereocenters. The SMILES string of the molecule is CC[C@H]1C(=O)N2C(C(=O)O)=C(S/C=C/NC(C)=O)C[C@H]12. The van der Waals surface area contributed by atoms with Crippen LogP contribution in [0.1, 0.15) is 26.7 Å². The maximum Gasteiger partial charge on any atom is 0.353 e. The van der Waals surface area contributed by atoms with E-state index in [1.54, 1.807) is 5.41 Å². The van der Waals surface area contributed by atoms with Gasteiger partial charge in [-0.15, -0.1) is 0 Å². The van der Waals surface area contributed by atoms with Crippen LogP contribution in [0.2, 0.25) is 0 Å². The Bertz CT molecular complexity index is 526. The van der Waals surface area contributed by atoms with Crippen LogP contribution in [0.3, 0.4) is 0 Å². The molecule has 2 amide bonds. The normalized spacial score (nSPS) is 24.9. The average Bonchev–Trinajstić information content (AvgIpc) is 2.70. The molecule has 0 bridgehead atoms. The number of amides is 2. The van der Waals surface area contributed by atoms with E-state index in [-0.39, 0.29) is 29.5 Å². The minimum atomic E-state index is -1.08. The third kappa shape index (κ3) is 2.45. The number of fused-ring (bicyclic) bond motifs is 1. The molecule has 0 spiro atoms. The van der Waals surface area contributed by atoms with Gasteiger partial charge in [0, 0.05) is 24.4 Å². The van der Waals surface area contributed by atoms with Gasteiger partial charge in [0.05, 0.1) is 12.0 Å². The fraction of sp³-hybridized carbons (Fsp3) is 0.462. The summed E-state index contributed by atoms with van der Waals surface area (Å²) < 4.78 is 0. The summed E-state index contributed by atoms with van der Waals surface area (Å²) >= 11 is 1.23. The number of carbonyl (C=O) groups is 3. The zero-order valence-corrected chi connectivity index (χ0v) is 12.1. The van der Waals surface area contributed by atoms with E-state index in [0.717, 1.165) is 6.42 Å². The van der Waals surface area contributed by atoms with E-state index in [1.165, 1.54) is 29.8 Å². The number of β-lactam (4-membered cyclic amide) rings is 1. The molecule has 0 saturated carbocycles. The van der Waals surface area contributed by atoms with E-state index in [4.69, 9.17) is 0 Å². The van der Waals surface area contributed by atoms with E-state index >= 15 is 0 Å². The molecule has 108 valence electrons. The highest BCUT2D eigenvalue weighted by Crippen LogP contribution is 2.47. The first kappa shape index (κ1) is 14.6. The highest BCUT2D eigenvalue weighted by molar-refractivity contribution is 8.05. The third-order valence-electron chi connectivity index (χ3n) is 3.46. The topological polar surface area (TPSA) is 86.7 Å². The van der Waals surface area contributed by atoms with Gasteiger partial charge in [0.15, 0.2) is 0 Å². The Morgan fingerprint density at radius 3 is 2.80 bits per heavy atom. The van der Waals surface area contributed by atoms with Gasteiger partial charge in [-0.25, -0.2) is 4.79 Å². The number of hydrogen-bond acceptors (Lipinski definition) is 4. The molecule has 0 aliphatic carbocycles. The first-order chi connectivity index (χ1) is 9.47. The maximum atomic E-state index is 11.9. The smallest absolute Gasteiger partial charge is 0.353 e. The Balaban J connectivity index is 2.11. The number of carboxylic acid groups (broad SMARTS) is 1. The summed E-state index contributed by atoms with van der Waals surface area (Å²) in [6.45, 7) is 3.32. The van der Waals surface area contributed by atoms with Crippen LogP contribution in [0.4, 0.5) is 0 Å². The third-order valence-corrected chi connectivity index (χ3v) is 4.37. The van der Waals surface area contributed by atoms with Gasteiger partial charge in [0.25, 0.3) is 0 Å². The van der Waals surface area contributed by atoms with E-state index in [1.807, 2.05) is 6.92 Å². The summed E-state index contributed by atoms with van der Waals surface area (Å²) in [6, 6.07) is -0.0183. The summed E-state index contributed by atoms with van der Waals surface area (Å²) in [7, 11) is 0. The molecule has 2 N–H and O–H groups in total. The van der Waals surface area contributed by atoms with Gasteiger partial charge in [-0.1, -0.05) is 18.7 Å². The van der Waals surface area contributed by atoms with Crippen molar-refractivity contribution in [3.63, 3.8) is 0 Å². The van der Waals surface area contributed by atoms with Gasteiger partial charge in [0.1, 0.15) is 5.70 Å². The second kappa shape index (κ2) is 5.70. The van der Waals surface area contributed by atoms with Crippen LogP contribution < -0.4 is 5.32 Å². The van der Waals surface area contributed by atoms with E-state index < -0.39 is 5.97 Å². The predicted molar refractivity (Wildman–Crippen MR) is 74.2 cm³/mol. The van der Waals surface area contributed by atoms with Gasteiger partial charge in [-0.3, -0.25) is 9.59 Å². The van der Waals surface area contributed by atoms with Gasteiger partial charge in [-0.2, -0.15) is 0 Å². The van der Waals surface area contributed by atoms with Crippen molar-refractivity contribution >= 4 is 29.5 Å². The summed E-state index contributed by atoms with van der Waals surface area (Å²) in [4.78, 5) is 36.0. The lowest BCUT2D eigenvalue weighted by Gasteiger charge is -2.42. The Labute approximate surface area is 120 Å². The molecule has 0 aromatic rings. The van der Waals surface area contributed by atoms with Crippen LogP contribution in [-0.2, 0) is 14.4 Å². The van der Waals surface area contributed by atoms with Crippen molar-refractivity contribution in [2.45, 2.75) is 32.7 Å². The van der Waals surface area contributed by atoms with Crippen LogP contribution >= 0.6 is 11.8 Å². The Morgan fingerprint density at radius 1 is 1.55 bits per heavy atom. The lowest BCUT2D eigenvalue weighted by Crippen LogP contribution is -2.58. The van der Waals surface area contributed by atoms with Crippen LogP contribution in [0, 0.1) is 5.92 Å². The number of aliphatic carboxylic acids is 1. The number of carboxylic acids is 1. The molecule has 2 aliphatic heterocycles. The van der Waals surface area contributed by atoms with Crippen molar-refractivity contribution in [3.05, 3.63) is 22.2 Å². The van der Waals surface area contributed by atoms with Crippen molar-refractivity contribution in [1.29, 1.82) is 0 Å². The fourth-order valence-electron chi connectivity index (χ4n) is 2.58. The van der Waals surface area contributed by atoms with Crippen LogP contribution in [0.5, 0.6) is 0 Å². The number of thioether (sulfide) groups is 1. The van der Waals surface area contributed by atoms with Crippen molar-refractivity contribution in [2.24, 2.45) is 5.92 Å². The zero-order chi connectivity index (χ0) is 14.9. The van der Waals surface area contributed by atoms with E-state index in [0.29, 0.717) is 11.3 Å². The highest BCUT2D eigenvalue weighted by atomic mass is 32.2.